The highest BCUT2D eigenvalue weighted by atomic mass is 35.5. The van der Waals surface area contributed by atoms with Crippen LogP contribution in [0.2, 0.25) is 5.02 Å². The summed E-state index contributed by atoms with van der Waals surface area (Å²) >= 11 is 5.65. The second-order valence-electron chi connectivity index (χ2n) is 4.32. The van der Waals surface area contributed by atoms with E-state index in [0.717, 1.165) is 0 Å². The van der Waals surface area contributed by atoms with Crippen molar-refractivity contribution in [3.63, 3.8) is 0 Å². The maximum Gasteiger partial charge on any atom is 0.307 e. The number of carbonyl (C=O) groups is 2. The molecule has 1 aromatic rings. The maximum atomic E-state index is 13.0. The fourth-order valence-electron chi connectivity index (χ4n) is 1.51. The van der Waals surface area contributed by atoms with Crippen molar-refractivity contribution in [3.8, 4) is 0 Å². The molecular formula is C15H17ClFNO3. The van der Waals surface area contributed by atoms with Crippen molar-refractivity contribution in [2.45, 2.75) is 13.3 Å². The first-order valence-corrected chi connectivity index (χ1v) is 6.85. The maximum absolute atomic E-state index is 13.0. The number of rotatable bonds is 6. The first-order valence-electron chi connectivity index (χ1n) is 6.48. The largest absolute Gasteiger partial charge is 0.466 e. The summed E-state index contributed by atoms with van der Waals surface area (Å²) in [6, 6.07) is 4.18. The number of amides is 1. The Morgan fingerprint density at radius 3 is 2.76 bits per heavy atom. The van der Waals surface area contributed by atoms with Gasteiger partial charge in [-0.15, -0.1) is 0 Å². The number of benzene rings is 1. The lowest BCUT2D eigenvalue weighted by atomic mass is 10.2. The molecule has 0 radical (unpaired) electrons. The number of nitrogens with zero attached hydrogens (tertiary/aromatic N) is 1. The third-order valence-electron chi connectivity index (χ3n) is 2.69. The zero-order valence-electron chi connectivity index (χ0n) is 11.9. The van der Waals surface area contributed by atoms with Gasteiger partial charge in [-0.25, -0.2) is 4.39 Å². The number of hydrogen-bond donors (Lipinski definition) is 0. The van der Waals surface area contributed by atoms with Crippen molar-refractivity contribution in [1.82, 2.24) is 4.90 Å². The van der Waals surface area contributed by atoms with Crippen LogP contribution in [0.3, 0.4) is 0 Å². The van der Waals surface area contributed by atoms with E-state index in [1.165, 1.54) is 35.3 Å². The van der Waals surface area contributed by atoms with Crippen molar-refractivity contribution >= 4 is 29.6 Å². The van der Waals surface area contributed by atoms with Gasteiger partial charge >= 0.3 is 5.97 Å². The summed E-state index contributed by atoms with van der Waals surface area (Å²) in [5.74, 6) is -1.11. The molecule has 1 amide bonds. The summed E-state index contributed by atoms with van der Waals surface area (Å²) in [7, 11) is 1.59. The number of ether oxygens (including phenoxy) is 1. The monoisotopic (exact) mass is 313 g/mol. The second-order valence-corrected chi connectivity index (χ2v) is 4.73. The lowest BCUT2D eigenvalue weighted by Gasteiger charge is -2.14. The molecule has 4 nitrogen and oxygen atoms in total. The van der Waals surface area contributed by atoms with E-state index < -0.39 is 5.82 Å². The van der Waals surface area contributed by atoms with Gasteiger partial charge in [-0.3, -0.25) is 9.59 Å². The molecule has 0 fully saturated rings. The molecule has 0 unspecified atom stereocenters. The second kappa shape index (κ2) is 8.42. The molecule has 1 aromatic carbocycles. The SMILES string of the molecule is CCOC(=O)CCN(C)C(=O)C=Cc1ccc(F)c(Cl)c1. The van der Waals surface area contributed by atoms with E-state index in [4.69, 9.17) is 16.3 Å². The van der Waals surface area contributed by atoms with Crippen LogP contribution in [0.25, 0.3) is 6.08 Å². The molecule has 114 valence electrons. The van der Waals surface area contributed by atoms with Crippen LogP contribution in [0.15, 0.2) is 24.3 Å². The number of likely N-dealkylation sites (N-methyl/N-ethyl adjacent to an activating group) is 1. The summed E-state index contributed by atoms with van der Waals surface area (Å²) in [6.07, 6.45) is 3.02. The number of halogens is 2. The smallest absolute Gasteiger partial charge is 0.307 e. The van der Waals surface area contributed by atoms with Gasteiger partial charge in [0.05, 0.1) is 18.1 Å². The van der Waals surface area contributed by atoms with Crippen molar-refractivity contribution in [2.75, 3.05) is 20.2 Å². The molecule has 21 heavy (non-hydrogen) atoms. The van der Waals surface area contributed by atoms with E-state index in [0.29, 0.717) is 12.2 Å². The van der Waals surface area contributed by atoms with Gasteiger partial charge in [0.2, 0.25) is 5.91 Å². The predicted octanol–water partition coefficient (Wildman–Crippen LogP) is 2.90. The number of carbonyl (C=O) groups excluding carboxylic acids is 2. The molecule has 1 rings (SSSR count). The number of hydrogen-bond acceptors (Lipinski definition) is 3. The lowest BCUT2D eigenvalue weighted by molar-refractivity contribution is -0.143. The highest BCUT2D eigenvalue weighted by Crippen LogP contribution is 2.16. The van der Waals surface area contributed by atoms with Gasteiger partial charge in [0.25, 0.3) is 0 Å². The van der Waals surface area contributed by atoms with Crippen LogP contribution >= 0.6 is 11.6 Å². The fraction of sp³-hybridized carbons (Fsp3) is 0.333. The van der Waals surface area contributed by atoms with Crippen LogP contribution in [-0.4, -0.2) is 37.0 Å². The first-order chi connectivity index (χ1) is 9.93. The van der Waals surface area contributed by atoms with Crippen LogP contribution in [-0.2, 0) is 14.3 Å². The number of esters is 1. The van der Waals surface area contributed by atoms with Crippen LogP contribution in [0.4, 0.5) is 4.39 Å². The fourth-order valence-corrected chi connectivity index (χ4v) is 1.70. The van der Waals surface area contributed by atoms with E-state index in [9.17, 15) is 14.0 Å². The Morgan fingerprint density at radius 2 is 2.14 bits per heavy atom. The summed E-state index contributed by atoms with van der Waals surface area (Å²) in [6.45, 7) is 2.32. The van der Waals surface area contributed by atoms with E-state index in [2.05, 4.69) is 0 Å². The van der Waals surface area contributed by atoms with Crippen molar-refractivity contribution in [2.24, 2.45) is 0 Å². The molecule has 0 saturated heterocycles. The molecule has 0 aromatic heterocycles. The summed E-state index contributed by atoms with van der Waals surface area (Å²) in [5, 5.41) is 0.000245. The standard InChI is InChI=1S/C15H17ClFNO3/c1-3-21-15(20)8-9-18(2)14(19)7-5-11-4-6-13(17)12(16)10-11/h4-7,10H,3,8-9H2,1-2H3. The molecular weight excluding hydrogens is 297 g/mol. The minimum Gasteiger partial charge on any atom is -0.466 e. The summed E-state index contributed by atoms with van der Waals surface area (Å²) in [5.41, 5.74) is 0.619. The highest BCUT2D eigenvalue weighted by Gasteiger charge is 2.08. The Morgan fingerprint density at radius 1 is 1.43 bits per heavy atom. The van der Waals surface area contributed by atoms with Gasteiger partial charge in [0.1, 0.15) is 5.82 Å². The Bertz CT molecular complexity index is 546. The average Bonchev–Trinajstić information content (AvgIpc) is 2.46. The topological polar surface area (TPSA) is 46.6 Å². The third kappa shape index (κ3) is 5.95. The molecule has 0 saturated carbocycles. The third-order valence-corrected chi connectivity index (χ3v) is 2.98. The van der Waals surface area contributed by atoms with E-state index in [1.54, 1.807) is 14.0 Å². The van der Waals surface area contributed by atoms with Gasteiger partial charge in [0, 0.05) is 19.7 Å². The molecule has 0 atom stereocenters. The zero-order chi connectivity index (χ0) is 15.8. The molecule has 0 heterocycles. The molecule has 6 heteroatoms. The minimum atomic E-state index is -0.508. The first kappa shape index (κ1) is 17.2. The predicted molar refractivity (Wildman–Crippen MR) is 79.3 cm³/mol. The van der Waals surface area contributed by atoms with E-state index in [-0.39, 0.29) is 29.9 Å². The Kier molecular flexibility index (Phi) is 6.88. The normalized spacial score (nSPS) is 10.7. The molecule has 0 aliphatic heterocycles. The summed E-state index contributed by atoms with van der Waals surface area (Å²) in [4.78, 5) is 24.4. The van der Waals surface area contributed by atoms with Crippen LogP contribution in [0, 0.1) is 5.82 Å². The van der Waals surface area contributed by atoms with Crippen LogP contribution < -0.4 is 0 Å². The van der Waals surface area contributed by atoms with Crippen molar-refractivity contribution in [1.29, 1.82) is 0 Å². The lowest BCUT2D eigenvalue weighted by Crippen LogP contribution is -2.27. The van der Waals surface area contributed by atoms with Crippen molar-refractivity contribution < 1.29 is 18.7 Å². The zero-order valence-corrected chi connectivity index (χ0v) is 12.7. The molecule has 0 N–H and O–H groups in total. The van der Waals surface area contributed by atoms with Gasteiger partial charge in [0.15, 0.2) is 0 Å². The molecule has 0 aliphatic carbocycles. The van der Waals surface area contributed by atoms with Gasteiger partial charge in [-0.2, -0.15) is 0 Å². The van der Waals surface area contributed by atoms with E-state index >= 15 is 0 Å². The Hall–Kier alpha value is -1.88. The average molecular weight is 314 g/mol. The van der Waals surface area contributed by atoms with Crippen LogP contribution in [0.1, 0.15) is 18.9 Å². The molecule has 0 aliphatic rings. The molecule has 0 spiro atoms. The summed E-state index contributed by atoms with van der Waals surface area (Å²) < 4.78 is 17.8. The van der Waals surface area contributed by atoms with Crippen LogP contribution in [0.5, 0.6) is 0 Å². The van der Waals surface area contributed by atoms with Gasteiger partial charge in [-0.05, 0) is 30.7 Å². The Labute approximate surface area is 128 Å². The van der Waals surface area contributed by atoms with Gasteiger partial charge in [-0.1, -0.05) is 17.7 Å². The molecule has 0 bridgehead atoms. The van der Waals surface area contributed by atoms with Gasteiger partial charge < -0.3 is 9.64 Å². The van der Waals surface area contributed by atoms with E-state index in [1.807, 2.05) is 0 Å². The quantitative estimate of drug-likeness (QED) is 0.599. The highest BCUT2D eigenvalue weighted by molar-refractivity contribution is 6.30. The minimum absolute atomic E-state index is 0.000245. The van der Waals surface area contributed by atoms with Crippen molar-refractivity contribution in [3.05, 3.63) is 40.7 Å². The Balaban J connectivity index is 2.53.